The molecule has 0 amide bonds. The van der Waals surface area contributed by atoms with Gasteiger partial charge < -0.3 is 14.3 Å². The van der Waals surface area contributed by atoms with Crippen LogP contribution in [0.4, 0.5) is 0 Å². The second-order valence-corrected chi connectivity index (χ2v) is 9.84. The van der Waals surface area contributed by atoms with Crippen LogP contribution in [0.2, 0.25) is 0 Å². The molecule has 0 fully saturated rings. The maximum atomic E-state index is 9.76. The van der Waals surface area contributed by atoms with E-state index in [2.05, 4.69) is 57.2 Å². The van der Waals surface area contributed by atoms with Crippen molar-refractivity contribution in [2.24, 2.45) is 0 Å². The first-order valence-electron chi connectivity index (χ1n) is 13.2. The fourth-order valence-corrected chi connectivity index (χ4v) is 5.00. The van der Waals surface area contributed by atoms with Crippen LogP contribution in [0.3, 0.4) is 0 Å². The van der Waals surface area contributed by atoms with Crippen molar-refractivity contribution in [2.75, 3.05) is 0 Å². The van der Waals surface area contributed by atoms with Crippen LogP contribution in [0.15, 0.2) is 36.4 Å². The Kier molecular flexibility index (Phi) is 13.7. The summed E-state index contributed by atoms with van der Waals surface area (Å²) in [5, 5.41) is 0. The normalized spacial score (nSPS) is 11.3. The van der Waals surface area contributed by atoms with E-state index in [1.54, 1.807) is 0 Å². The van der Waals surface area contributed by atoms with Crippen LogP contribution in [0.5, 0.6) is 5.75 Å². The lowest BCUT2D eigenvalue weighted by Crippen LogP contribution is -2.06. The Morgan fingerprint density at radius 2 is 1.24 bits per heavy atom. The lowest BCUT2D eigenvalue weighted by Gasteiger charge is -2.23. The highest BCUT2D eigenvalue weighted by Crippen LogP contribution is 2.42. The van der Waals surface area contributed by atoms with Gasteiger partial charge in [0.05, 0.1) is 0 Å². The van der Waals surface area contributed by atoms with E-state index >= 15 is 0 Å². The molecule has 2 aromatic rings. The van der Waals surface area contributed by atoms with Crippen molar-refractivity contribution in [1.82, 2.24) is 0 Å². The van der Waals surface area contributed by atoms with Crippen LogP contribution in [0, 0.1) is 0 Å². The molecular formula is C29H45O3P. The second-order valence-electron chi connectivity index (χ2n) is 9.15. The Bertz CT molecular complexity index is 789. The molecule has 0 aliphatic carbocycles. The molecule has 3 nitrogen and oxygen atoms in total. The van der Waals surface area contributed by atoms with Gasteiger partial charge in [-0.25, -0.2) is 0 Å². The lowest BCUT2D eigenvalue weighted by atomic mass is 9.84. The highest BCUT2D eigenvalue weighted by Gasteiger charge is 2.21. The highest BCUT2D eigenvalue weighted by atomic mass is 31.2. The van der Waals surface area contributed by atoms with Crippen molar-refractivity contribution < 1.29 is 14.3 Å². The number of rotatable bonds is 17. The van der Waals surface area contributed by atoms with Gasteiger partial charge in [-0.05, 0) is 66.8 Å². The molecule has 0 saturated carbocycles. The number of hydrogen-bond donors (Lipinski definition) is 2. The topological polar surface area (TPSA) is 49.7 Å². The Labute approximate surface area is 203 Å². The van der Waals surface area contributed by atoms with Gasteiger partial charge in [-0.3, -0.25) is 0 Å². The van der Waals surface area contributed by atoms with Crippen LogP contribution in [-0.2, 0) is 19.3 Å². The minimum Gasteiger partial charge on any atom is -0.427 e. The molecular weight excluding hydrogens is 427 g/mol. The summed E-state index contributed by atoms with van der Waals surface area (Å²) in [6, 6.07) is 12.7. The van der Waals surface area contributed by atoms with Crippen molar-refractivity contribution in [3.8, 4) is 16.9 Å². The van der Waals surface area contributed by atoms with Gasteiger partial charge in [0.25, 0.3) is 0 Å². The molecule has 0 radical (unpaired) electrons. The molecule has 184 valence electrons. The first kappa shape index (κ1) is 27.8. The van der Waals surface area contributed by atoms with E-state index < -0.39 is 8.60 Å². The van der Waals surface area contributed by atoms with Gasteiger partial charge in [0.15, 0.2) is 0 Å². The number of unbranched alkanes of at least 4 members (excludes halogenated alkanes) is 8. The van der Waals surface area contributed by atoms with Crippen LogP contribution < -0.4 is 4.52 Å². The molecule has 0 saturated heterocycles. The molecule has 0 heterocycles. The lowest BCUT2D eigenvalue weighted by molar-refractivity contribution is 0.373. The van der Waals surface area contributed by atoms with E-state index in [9.17, 15) is 9.79 Å². The van der Waals surface area contributed by atoms with Crippen LogP contribution >= 0.6 is 8.60 Å². The third kappa shape index (κ3) is 9.39. The van der Waals surface area contributed by atoms with Gasteiger partial charge >= 0.3 is 8.60 Å². The zero-order chi connectivity index (χ0) is 23.9. The first-order chi connectivity index (χ1) is 16.1. The summed E-state index contributed by atoms with van der Waals surface area (Å²) in [6.45, 7) is 6.72. The molecule has 2 rings (SSSR count). The van der Waals surface area contributed by atoms with Gasteiger partial charge in [0.1, 0.15) is 5.75 Å². The third-order valence-corrected chi connectivity index (χ3v) is 6.81. The van der Waals surface area contributed by atoms with Gasteiger partial charge in [-0.2, -0.15) is 0 Å². The summed E-state index contributed by atoms with van der Waals surface area (Å²) in [5.41, 5.74) is 6.37. The van der Waals surface area contributed by atoms with E-state index in [0.29, 0.717) is 5.75 Å². The van der Waals surface area contributed by atoms with E-state index in [0.717, 1.165) is 56.9 Å². The summed E-state index contributed by atoms with van der Waals surface area (Å²) in [6.07, 6.45) is 16.3. The quantitative estimate of drug-likeness (QED) is 0.178. The summed E-state index contributed by atoms with van der Waals surface area (Å²) >= 11 is 0. The Hall–Kier alpha value is -1.41. The van der Waals surface area contributed by atoms with Crippen molar-refractivity contribution in [3.05, 3.63) is 53.1 Å². The average molecular weight is 473 g/mol. The Morgan fingerprint density at radius 3 is 1.88 bits per heavy atom. The molecule has 2 N–H and O–H groups in total. The van der Waals surface area contributed by atoms with Crippen LogP contribution in [-0.4, -0.2) is 9.79 Å². The van der Waals surface area contributed by atoms with Crippen molar-refractivity contribution in [2.45, 2.75) is 111 Å². The smallest absolute Gasteiger partial charge is 0.391 e. The minimum atomic E-state index is -2.45. The molecule has 33 heavy (non-hydrogen) atoms. The molecule has 0 unspecified atom stereocenters. The van der Waals surface area contributed by atoms with Crippen molar-refractivity contribution >= 4 is 8.60 Å². The van der Waals surface area contributed by atoms with E-state index in [4.69, 9.17) is 4.52 Å². The molecule has 0 aromatic heterocycles. The first-order valence-corrected chi connectivity index (χ1v) is 14.4. The SMILES string of the molecule is CCCCCCCCCc1c(OP(O)O)cc(CCCC)c(CCCC)c1-c1ccccc1. The predicted octanol–water partition coefficient (Wildman–Crippen LogP) is 8.92. The third-order valence-electron chi connectivity index (χ3n) is 6.45. The number of hydrogen-bond acceptors (Lipinski definition) is 3. The molecule has 0 atom stereocenters. The maximum absolute atomic E-state index is 9.76. The largest absolute Gasteiger partial charge is 0.427 e. The zero-order valence-electron chi connectivity index (χ0n) is 21.1. The molecule has 0 spiro atoms. The van der Waals surface area contributed by atoms with Crippen molar-refractivity contribution in [3.63, 3.8) is 0 Å². The predicted molar refractivity (Wildman–Crippen MR) is 143 cm³/mol. The standard InChI is InChI=1S/C29H45O3P/c1-4-7-10-11-12-13-17-22-27-28(32-33(30)31)23-25(18-8-5-2)26(21-9-6-3)29(27)24-19-15-14-16-20-24/h14-16,19-20,23,30-31H,4-13,17-18,21-22H2,1-3H3. The van der Waals surface area contributed by atoms with Crippen LogP contribution in [0.1, 0.15) is 108 Å². The fraction of sp³-hybridized carbons (Fsp3) is 0.586. The second kappa shape index (κ2) is 16.3. The summed E-state index contributed by atoms with van der Waals surface area (Å²) < 4.78 is 5.67. The molecule has 0 bridgehead atoms. The summed E-state index contributed by atoms with van der Waals surface area (Å²) in [7, 11) is -2.45. The fourth-order valence-electron chi connectivity index (χ4n) is 4.66. The van der Waals surface area contributed by atoms with E-state index in [-0.39, 0.29) is 0 Å². The minimum absolute atomic E-state index is 0.669. The summed E-state index contributed by atoms with van der Waals surface area (Å²) in [5.74, 6) is 0.669. The molecule has 0 aliphatic heterocycles. The van der Waals surface area contributed by atoms with E-state index in [1.165, 1.54) is 60.8 Å². The van der Waals surface area contributed by atoms with Crippen LogP contribution in [0.25, 0.3) is 11.1 Å². The van der Waals surface area contributed by atoms with Gasteiger partial charge in [-0.1, -0.05) is 102 Å². The average Bonchev–Trinajstić information content (AvgIpc) is 2.82. The number of aryl methyl sites for hydroxylation is 1. The molecule has 0 aliphatic rings. The Balaban J connectivity index is 2.47. The Morgan fingerprint density at radius 1 is 0.667 bits per heavy atom. The number of benzene rings is 2. The highest BCUT2D eigenvalue weighted by molar-refractivity contribution is 7.39. The van der Waals surface area contributed by atoms with E-state index in [1.807, 2.05) is 0 Å². The zero-order valence-corrected chi connectivity index (χ0v) is 22.0. The summed E-state index contributed by atoms with van der Waals surface area (Å²) in [4.78, 5) is 19.5. The molecule has 4 heteroatoms. The molecule has 2 aromatic carbocycles. The van der Waals surface area contributed by atoms with Gasteiger partial charge in [0, 0.05) is 5.56 Å². The monoisotopic (exact) mass is 472 g/mol. The van der Waals surface area contributed by atoms with Crippen molar-refractivity contribution in [1.29, 1.82) is 0 Å². The maximum Gasteiger partial charge on any atom is 0.391 e. The van der Waals surface area contributed by atoms with Gasteiger partial charge in [0.2, 0.25) is 0 Å². The van der Waals surface area contributed by atoms with Gasteiger partial charge in [-0.15, -0.1) is 0 Å².